The molecule has 0 aliphatic carbocycles. The van der Waals surface area contributed by atoms with Gasteiger partial charge in [0.15, 0.2) is 5.82 Å². The van der Waals surface area contributed by atoms with Crippen molar-refractivity contribution in [1.29, 1.82) is 0 Å². The molecule has 2 N–H and O–H groups in total. The topological polar surface area (TPSA) is 83.4 Å². The molecule has 1 atom stereocenters. The molecule has 1 heterocycles. The minimum atomic E-state index is -0.342. The minimum absolute atomic E-state index is 0.325. The second kappa shape index (κ2) is 7.32. The molecule has 1 aromatic rings. The SMILES string of the molecule is CCCOCC(N)c1noc(COCC)n1. The van der Waals surface area contributed by atoms with E-state index in [0.717, 1.165) is 6.42 Å². The van der Waals surface area contributed by atoms with Crippen LogP contribution >= 0.6 is 0 Å². The summed E-state index contributed by atoms with van der Waals surface area (Å²) in [6.45, 7) is 5.98. The molecule has 1 unspecified atom stereocenters. The number of nitrogens with zero attached hydrogens (tertiary/aromatic N) is 2. The predicted octanol–water partition coefficient (Wildman–Crippen LogP) is 1.03. The molecule has 16 heavy (non-hydrogen) atoms. The summed E-state index contributed by atoms with van der Waals surface area (Å²) in [5, 5.41) is 3.78. The lowest BCUT2D eigenvalue weighted by Crippen LogP contribution is -2.18. The molecule has 0 saturated heterocycles. The van der Waals surface area contributed by atoms with Gasteiger partial charge in [-0.3, -0.25) is 0 Å². The highest BCUT2D eigenvalue weighted by atomic mass is 16.5. The normalized spacial score (nSPS) is 12.9. The van der Waals surface area contributed by atoms with Gasteiger partial charge >= 0.3 is 0 Å². The van der Waals surface area contributed by atoms with Gasteiger partial charge in [0.05, 0.1) is 12.6 Å². The maximum atomic E-state index is 5.83. The Morgan fingerprint density at radius 3 is 2.88 bits per heavy atom. The Balaban J connectivity index is 2.37. The van der Waals surface area contributed by atoms with Crippen LogP contribution in [-0.2, 0) is 16.1 Å². The first-order valence-corrected chi connectivity index (χ1v) is 5.51. The summed E-state index contributed by atoms with van der Waals surface area (Å²) in [5.41, 5.74) is 5.83. The Labute approximate surface area is 95.1 Å². The Morgan fingerprint density at radius 2 is 2.19 bits per heavy atom. The highest BCUT2D eigenvalue weighted by Crippen LogP contribution is 2.07. The van der Waals surface area contributed by atoms with E-state index < -0.39 is 0 Å². The van der Waals surface area contributed by atoms with Crippen molar-refractivity contribution in [3.05, 3.63) is 11.7 Å². The van der Waals surface area contributed by atoms with E-state index in [2.05, 4.69) is 10.1 Å². The van der Waals surface area contributed by atoms with Gasteiger partial charge in [0.2, 0.25) is 0 Å². The molecule has 0 spiro atoms. The summed E-state index contributed by atoms with van der Waals surface area (Å²) >= 11 is 0. The summed E-state index contributed by atoms with van der Waals surface area (Å²) in [4.78, 5) is 4.12. The van der Waals surface area contributed by atoms with Crippen LogP contribution in [0.3, 0.4) is 0 Å². The molecule has 0 radical (unpaired) electrons. The van der Waals surface area contributed by atoms with Gasteiger partial charge < -0.3 is 19.7 Å². The molecule has 1 aromatic heterocycles. The van der Waals surface area contributed by atoms with Crippen molar-refractivity contribution in [2.45, 2.75) is 32.9 Å². The summed E-state index contributed by atoms with van der Waals surface area (Å²) in [6.07, 6.45) is 0.967. The quantitative estimate of drug-likeness (QED) is 0.670. The Kier molecular flexibility index (Phi) is 5.99. The maximum Gasteiger partial charge on any atom is 0.252 e. The van der Waals surface area contributed by atoms with E-state index in [1.807, 2.05) is 13.8 Å². The number of nitrogens with two attached hydrogens (primary N) is 1. The first-order chi connectivity index (χ1) is 7.77. The van der Waals surface area contributed by atoms with Crippen molar-refractivity contribution in [2.24, 2.45) is 5.73 Å². The van der Waals surface area contributed by atoms with Crippen LogP contribution < -0.4 is 5.73 Å². The van der Waals surface area contributed by atoms with Gasteiger partial charge in [-0.1, -0.05) is 12.1 Å². The zero-order valence-electron chi connectivity index (χ0n) is 9.81. The number of ether oxygens (including phenoxy) is 2. The molecular formula is C10H19N3O3. The van der Waals surface area contributed by atoms with Crippen LogP contribution in [-0.4, -0.2) is 30.0 Å². The van der Waals surface area contributed by atoms with Gasteiger partial charge in [0, 0.05) is 13.2 Å². The molecule has 0 bridgehead atoms. The molecule has 0 aromatic carbocycles. The molecule has 0 aliphatic rings. The van der Waals surface area contributed by atoms with Crippen LogP contribution in [0.1, 0.15) is 38.0 Å². The fourth-order valence-corrected chi connectivity index (χ4v) is 1.10. The Hall–Kier alpha value is -0.980. The molecule has 1 rings (SSSR count). The minimum Gasteiger partial charge on any atom is -0.379 e. The van der Waals surface area contributed by atoms with Crippen LogP contribution in [0, 0.1) is 0 Å². The Bertz CT molecular complexity index is 291. The predicted molar refractivity (Wildman–Crippen MR) is 57.7 cm³/mol. The molecule has 0 aliphatic heterocycles. The van der Waals surface area contributed by atoms with E-state index in [0.29, 0.717) is 38.1 Å². The third-order valence-corrected chi connectivity index (χ3v) is 1.89. The largest absolute Gasteiger partial charge is 0.379 e. The molecule has 0 amide bonds. The lowest BCUT2D eigenvalue weighted by atomic mass is 10.3. The standard InChI is InChI=1S/C10H19N3O3/c1-3-5-15-6-8(11)10-12-9(16-13-10)7-14-4-2/h8H,3-7,11H2,1-2H3. The average Bonchev–Trinajstić information content (AvgIpc) is 2.75. The number of hydrogen-bond donors (Lipinski definition) is 1. The highest BCUT2D eigenvalue weighted by Gasteiger charge is 2.14. The first-order valence-electron chi connectivity index (χ1n) is 5.51. The van der Waals surface area contributed by atoms with Crippen LogP contribution in [0.5, 0.6) is 0 Å². The molecule has 6 heteroatoms. The summed E-state index contributed by atoms with van der Waals surface area (Å²) in [6, 6.07) is -0.342. The Morgan fingerprint density at radius 1 is 1.38 bits per heavy atom. The summed E-state index contributed by atoms with van der Waals surface area (Å²) in [7, 11) is 0. The fraction of sp³-hybridized carbons (Fsp3) is 0.800. The van der Waals surface area contributed by atoms with Crippen LogP contribution in [0.25, 0.3) is 0 Å². The van der Waals surface area contributed by atoms with E-state index in [1.165, 1.54) is 0 Å². The second-order valence-electron chi connectivity index (χ2n) is 3.36. The number of aromatic nitrogens is 2. The number of rotatable bonds is 8. The van der Waals surface area contributed by atoms with E-state index >= 15 is 0 Å². The lowest BCUT2D eigenvalue weighted by Gasteiger charge is -2.06. The fourth-order valence-electron chi connectivity index (χ4n) is 1.10. The monoisotopic (exact) mass is 229 g/mol. The van der Waals surface area contributed by atoms with Crippen LogP contribution in [0.2, 0.25) is 0 Å². The summed E-state index contributed by atoms with van der Waals surface area (Å²) < 4.78 is 15.4. The molecule has 0 fully saturated rings. The van der Waals surface area contributed by atoms with E-state index in [4.69, 9.17) is 19.7 Å². The summed E-state index contributed by atoms with van der Waals surface area (Å²) in [5.74, 6) is 0.911. The van der Waals surface area contributed by atoms with Gasteiger partial charge in [-0.25, -0.2) is 0 Å². The van der Waals surface area contributed by atoms with E-state index in [9.17, 15) is 0 Å². The van der Waals surface area contributed by atoms with Gasteiger partial charge in [0.25, 0.3) is 5.89 Å². The third-order valence-electron chi connectivity index (χ3n) is 1.89. The van der Waals surface area contributed by atoms with Gasteiger partial charge in [0.1, 0.15) is 6.61 Å². The lowest BCUT2D eigenvalue weighted by molar-refractivity contribution is 0.109. The van der Waals surface area contributed by atoms with Crippen molar-refractivity contribution in [3.63, 3.8) is 0 Å². The van der Waals surface area contributed by atoms with Gasteiger partial charge in [-0.05, 0) is 13.3 Å². The average molecular weight is 229 g/mol. The second-order valence-corrected chi connectivity index (χ2v) is 3.36. The molecule has 0 saturated carbocycles. The van der Waals surface area contributed by atoms with Crippen LogP contribution in [0.4, 0.5) is 0 Å². The van der Waals surface area contributed by atoms with E-state index in [-0.39, 0.29) is 6.04 Å². The first kappa shape index (κ1) is 13.1. The van der Waals surface area contributed by atoms with Crippen molar-refractivity contribution >= 4 is 0 Å². The van der Waals surface area contributed by atoms with Gasteiger partial charge in [-0.15, -0.1) is 0 Å². The molecule has 92 valence electrons. The zero-order valence-corrected chi connectivity index (χ0v) is 9.81. The maximum absolute atomic E-state index is 5.83. The zero-order chi connectivity index (χ0) is 11.8. The van der Waals surface area contributed by atoms with Crippen molar-refractivity contribution in [3.8, 4) is 0 Å². The van der Waals surface area contributed by atoms with Crippen molar-refractivity contribution < 1.29 is 14.0 Å². The van der Waals surface area contributed by atoms with Gasteiger partial charge in [-0.2, -0.15) is 4.98 Å². The van der Waals surface area contributed by atoms with Crippen molar-refractivity contribution in [1.82, 2.24) is 10.1 Å². The van der Waals surface area contributed by atoms with Crippen molar-refractivity contribution in [2.75, 3.05) is 19.8 Å². The number of hydrogen-bond acceptors (Lipinski definition) is 6. The molecule has 6 nitrogen and oxygen atoms in total. The van der Waals surface area contributed by atoms with Crippen LogP contribution in [0.15, 0.2) is 4.52 Å². The third kappa shape index (κ3) is 4.26. The smallest absolute Gasteiger partial charge is 0.252 e. The molecular weight excluding hydrogens is 210 g/mol. The highest BCUT2D eigenvalue weighted by molar-refractivity contribution is 4.92. The van der Waals surface area contributed by atoms with E-state index in [1.54, 1.807) is 0 Å².